The van der Waals surface area contributed by atoms with Gasteiger partial charge in [0, 0.05) is 43.9 Å². The number of nitrogens with zero attached hydrogens (tertiary/aromatic N) is 1. The van der Waals surface area contributed by atoms with Crippen molar-refractivity contribution >= 4 is 46.7 Å². The zero-order valence-electron chi connectivity index (χ0n) is 17.0. The number of amides is 2. The van der Waals surface area contributed by atoms with E-state index >= 15 is 0 Å². The van der Waals surface area contributed by atoms with E-state index in [1.807, 2.05) is 24.3 Å². The molecule has 0 spiro atoms. The van der Waals surface area contributed by atoms with Crippen molar-refractivity contribution < 1.29 is 19.1 Å². The minimum Gasteiger partial charge on any atom is -0.464 e. The maximum atomic E-state index is 12.3. The smallest absolute Gasteiger partial charge is 0.328 e. The number of halogens is 2. The van der Waals surface area contributed by atoms with Crippen molar-refractivity contribution in [1.82, 2.24) is 10.6 Å². The lowest BCUT2D eigenvalue weighted by Gasteiger charge is -2.23. The number of ether oxygens (including phenoxy) is 1. The number of hydrogen-bond donors (Lipinski definition) is 2. The number of carbonyl (C=O) groups is 3. The molecule has 0 fully saturated rings. The number of alkyl halides is 2. The fraction of sp³-hybridized carbons (Fsp3) is 0.550. The Morgan fingerprint density at radius 2 is 1.66 bits per heavy atom. The first-order chi connectivity index (χ1) is 13.8. The first-order valence-electron chi connectivity index (χ1n) is 9.52. The van der Waals surface area contributed by atoms with Crippen molar-refractivity contribution in [2.24, 2.45) is 0 Å². The third kappa shape index (κ3) is 8.92. The number of hydrogen-bond acceptors (Lipinski definition) is 5. The number of anilines is 1. The minimum atomic E-state index is -0.855. The van der Waals surface area contributed by atoms with Gasteiger partial charge in [0.05, 0.1) is 6.61 Å². The molecule has 2 atom stereocenters. The van der Waals surface area contributed by atoms with Gasteiger partial charge in [-0.15, -0.1) is 23.2 Å². The van der Waals surface area contributed by atoms with Gasteiger partial charge in [-0.3, -0.25) is 9.59 Å². The topological polar surface area (TPSA) is 87.7 Å². The molecule has 1 aromatic rings. The van der Waals surface area contributed by atoms with E-state index in [1.165, 1.54) is 6.92 Å². The first kappa shape index (κ1) is 25.0. The van der Waals surface area contributed by atoms with Crippen LogP contribution in [0, 0.1) is 0 Å². The molecule has 0 heterocycles. The van der Waals surface area contributed by atoms with Crippen molar-refractivity contribution in [3.63, 3.8) is 0 Å². The molecule has 1 rings (SSSR count). The van der Waals surface area contributed by atoms with Crippen LogP contribution < -0.4 is 15.5 Å². The summed E-state index contributed by atoms with van der Waals surface area (Å²) in [5.41, 5.74) is 1.84. The van der Waals surface area contributed by atoms with Crippen LogP contribution in [0.4, 0.5) is 5.69 Å². The highest BCUT2D eigenvalue weighted by molar-refractivity contribution is 6.18. The van der Waals surface area contributed by atoms with Gasteiger partial charge in [0.15, 0.2) is 0 Å². The van der Waals surface area contributed by atoms with Gasteiger partial charge in [0.25, 0.3) is 0 Å². The second-order valence-electron chi connectivity index (χ2n) is 6.47. The highest BCUT2D eigenvalue weighted by Gasteiger charge is 2.25. The molecule has 29 heavy (non-hydrogen) atoms. The van der Waals surface area contributed by atoms with Gasteiger partial charge in [-0.1, -0.05) is 12.1 Å². The van der Waals surface area contributed by atoms with Crippen LogP contribution in [-0.4, -0.2) is 61.3 Å². The number of nitrogens with one attached hydrogen (secondary N) is 2. The zero-order chi connectivity index (χ0) is 21.8. The molecule has 0 saturated carbocycles. The quantitative estimate of drug-likeness (QED) is 0.379. The van der Waals surface area contributed by atoms with Crippen LogP contribution in [0.15, 0.2) is 24.3 Å². The van der Waals surface area contributed by atoms with Crippen LogP contribution in [0.2, 0.25) is 0 Å². The Kier molecular flexibility index (Phi) is 11.5. The van der Waals surface area contributed by atoms with Crippen molar-refractivity contribution in [2.75, 3.05) is 36.4 Å². The third-order valence-electron chi connectivity index (χ3n) is 4.15. The second-order valence-corrected chi connectivity index (χ2v) is 7.23. The highest BCUT2D eigenvalue weighted by atomic mass is 35.5. The Morgan fingerprint density at radius 3 is 2.14 bits per heavy atom. The molecule has 0 aliphatic rings. The van der Waals surface area contributed by atoms with Gasteiger partial charge < -0.3 is 20.3 Å². The minimum absolute atomic E-state index is 0.206. The molecule has 0 aliphatic carbocycles. The average Bonchev–Trinajstić information content (AvgIpc) is 2.67. The average molecular weight is 446 g/mol. The van der Waals surface area contributed by atoms with E-state index in [4.69, 9.17) is 27.9 Å². The van der Waals surface area contributed by atoms with Crippen LogP contribution in [0.25, 0.3) is 0 Å². The summed E-state index contributed by atoms with van der Waals surface area (Å²) < 4.78 is 5.09. The first-order valence-corrected chi connectivity index (χ1v) is 10.6. The lowest BCUT2D eigenvalue weighted by atomic mass is 10.0. The third-order valence-corrected chi connectivity index (χ3v) is 4.49. The Hall–Kier alpha value is -1.99. The fourth-order valence-corrected chi connectivity index (χ4v) is 3.16. The normalized spacial score (nSPS) is 12.6. The molecule has 1 aromatic carbocycles. The standard InChI is InChI=1S/C20H29Cl2N3O4/c1-4-29-20(28)18(24-19(27)14(2)23-15(3)26)13-16-5-7-17(8-6-16)25(11-9-21)12-10-22/h5-8,14,18H,4,9-13H2,1-3H3,(H,23,26)(H,24,27)/t14-,18-/m0/s1. The van der Waals surface area contributed by atoms with Crippen molar-refractivity contribution in [3.05, 3.63) is 29.8 Å². The van der Waals surface area contributed by atoms with Crippen LogP contribution >= 0.6 is 23.2 Å². The van der Waals surface area contributed by atoms with Gasteiger partial charge in [-0.05, 0) is 31.5 Å². The summed E-state index contributed by atoms with van der Waals surface area (Å²) >= 11 is 11.7. The Balaban J connectivity index is 2.89. The number of rotatable bonds is 12. The predicted molar refractivity (Wildman–Crippen MR) is 116 cm³/mol. The lowest BCUT2D eigenvalue weighted by molar-refractivity contribution is -0.147. The van der Waals surface area contributed by atoms with Gasteiger partial charge >= 0.3 is 5.97 Å². The summed E-state index contributed by atoms with van der Waals surface area (Å²) in [6.45, 7) is 6.14. The molecule has 0 aliphatic heterocycles. The van der Waals surface area contributed by atoms with Gasteiger partial charge in [-0.2, -0.15) is 0 Å². The van der Waals surface area contributed by atoms with Gasteiger partial charge in [-0.25, -0.2) is 4.79 Å². The van der Waals surface area contributed by atoms with Gasteiger partial charge in [0.2, 0.25) is 11.8 Å². The molecule has 2 amide bonds. The molecule has 7 nitrogen and oxygen atoms in total. The van der Waals surface area contributed by atoms with Crippen LogP contribution in [-0.2, 0) is 25.5 Å². The maximum Gasteiger partial charge on any atom is 0.328 e. The van der Waals surface area contributed by atoms with Crippen LogP contribution in [0.1, 0.15) is 26.3 Å². The zero-order valence-corrected chi connectivity index (χ0v) is 18.6. The summed E-state index contributed by atoms with van der Waals surface area (Å²) in [5.74, 6) is -0.324. The maximum absolute atomic E-state index is 12.3. The monoisotopic (exact) mass is 445 g/mol. The lowest BCUT2D eigenvalue weighted by Crippen LogP contribution is -2.51. The Labute approximate surface area is 182 Å². The van der Waals surface area contributed by atoms with Crippen molar-refractivity contribution in [3.8, 4) is 0 Å². The Morgan fingerprint density at radius 1 is 1.07 bits per heavy atom. The van der Waals surface area contributed by atoms with E-state index in [1.54, 1.807) is 13.8 Å². The molecule has 2 N–H and O–H groups in total. The summed E-state index contributed by atoms with van der Waals surface area (Å²) in [6, 6.07) is 6.02. The summed E-state index contributed by atoms with van der Waals surface area (Å²) in [7, 11) is 0. The van der Waals surface area contributed by atoms with Crippen LogP contribution in [0.3, 0.4) is 0 Å². The number of benzene rings is 1. The number of carbonyl (C=O) groups excluding carboxylic acids is 3. The van der Waals surface area contributed by atoms with E-state index in [9.17, 15) is 14.4 Å². The Bertz CT molecular complexity index is 664. The van der Waals surface area contributed by atoms with E-state index in [-0.39, 0.29) is 18.9 Å². The van der Waals surface area contributed by atoms with Crippen molar-refractivity contribution in [2.45, 2.75) is 39.3 Å². The molecule has 0 saturated heterocycles. The van der Waals surface area contributed by atoms with E-state index in [0.29, 0.717) is 24.8 Å². The molecule has 0 bridgehead atoms. The van der Waals surface area contributed by atoms with Crippen LogP contribution in [0.5, 0.6) is 0 Å². The predicted octanol–water partition coefficient (Wildman–Crippen LogP) is 2.09. The highest BCUT2D eigenvalue weighted by Crippen LogP contribution is 2.17. The van der Waals surface area contributed by atoms with Gasteiger partial charge in [0.1, 0.15) is 12.1 Å². The molecule has 0 unspecified atom stereocenters. The van der Waals surface area contributed by atoms with E-state index in [2.05, 4.69) is 15.5 Å². The SMILES string of the molecule is CCOC(=O)[C@H](Cc1ccc(N(CCCl)CCCl)cc1)NC(=O)[C@H](C)NC(C)=O. The van der Waals surface area contributed by atoms with Crippen molar-refractivity contribution in [1.29, 1.82) is 0 Å². The summed E-state index contributed by atoms with van der Waals surface area (Å²) in [5, 5.41) is 5.16. The van der Waals surface area contributed by atoms with E-state index < -0.39 is 24.0 Å². The summed E-state index contributed by atoms with van der Waals surface area (Å²) in [4.78, 5) is 37.8. The number of esters is 1. The second kappa shape index (κ2) is 13.3. The van der Waals surface area contributed by atoms with E-state index in [0.717, 1.165) is 11.3 Å². The molecular weight excluding hydrogens is 417 g/mol. The molecule has 0 aromatic heterocycles. The molecule has 0 radical (unpaired) electrons. The molecule has 9 heteroatoms. The molecular formula is C20H29Cl2N3O4. The fourth-order valence-electron chi connectivity index (χ4n) is 2.76. The largest absolute Gasteiger partial charge is 0.464 e. The summed E-state index contributed by atoms with van der Waals surface area (Å²) in [6.07, 6.45) is 0.267. The molecule has 162 valence electrons.